The van der Waals surface area contributed by atoms with Crippen LogP contribution in [-0.2, 0) is 19.2 Å². The predicted octanol–water partition coefficient (Wildman–Crippen LogP) is -0.343. The predicted molar refractivity (Wildman–Crippen MR) is 44.4 cm³/mol. The van der Waals surface area contributed by atoms with Gasteiger partial charge in [0.15, 0.2) is 0 Å². The topological polar surface area (TPSA) is 87.5 Å². The SMILES string of the molecule is [NH]CCCC(=O)ON1C(=O)CCC1=O. The van der Waals surface area contributed by atoms with Crippen molar-refractivity contribution in [1.82, 2.24) is 10.8 Å². The van der Waals surface area contributed by atoms with E-state index in [0.717, 1.165) is 0 Å². The summed E-state index contributed by atoms with van der Waals surface area (Å²) in [5.41, 5.74) is 6.80. The average Bonchev–Trinajstić information content (AvgIpc) is 2.46. The van der Waals surface area contributed by atoms with E-state index >= 15 is 0 Å². The molecule has 6 nitrogen and oxygen atoms in total. The van der Waals surface area contributed by atoms with Crippen molar-refractivity contribution in [1.29, 1.82) is 0 Å². The van der Waals surface area contributed by atoms with E-state index < -0.39 is 17.8 Å². The first-order valence-corrected chi connectivity index (χ1v) is 4.36. The quantitative estimate of drug-likeness (QED) is 0.579. The number of nitrogens with zero attached hydrogens (tertiary/aromatic N) is 1. The molecule has 0 bridgehead atoms. The van der Waals surface area contributed by atoms with Crippen molar-refractivity contribution >= 4 is 17.8 Å². The molecule has 1 fully saturated rings. The van der Waals surface area contributed by atoms with Crippen LogP contribution in [0.25, 0.3) is 0 Å². The molecule has 1 N–H and O–H groups in total. The summed E-state index contributed by atoms with van der Waals surface area (Å²) in [6, 6.07) is 0. The molecule has 1 radical (unpaired) electrons. The molecular formula is C8H11N2O4. The van der Waals surface area contributed by atoms with Crippen LogP contribution < -0.4 is 5.73 Å². The monoisotopic (exact) mass is 199 g/mol. The third-order valence-corrected chi connectivity index (χ3v) is 1.76. The summed E-state index contributed by atoms with van der Waals surface area (Å²) in [4.78, 5) is 37.5. The Hall–Kier alpha value is -1.43. The van der Waals surface area contributed by atoms with E-state index in [2.05, 4.69) is 4.84 Å². The first kappa shape index (κ1) is 10.6. The highest BCUT2D eigenvalue weighted by atomic mass is 16.7. The third kappa shape index (κ3) is 2.53. The molecule has 0 unspecified atom stereocenters. The second-order valence-electron chi connectivity index (χ2n) is 2.90. The van der Waals surface area contributed by atoms with Crippen LogP contribution in [0, 0.1) is 0 Å². The molecule has 77 valence electrons. The molecule has 2 amide bonds. The van der Waals surface area contributed by atoms with Crippen molar-refractivity contribution in [3.8, 4) is 0 Å². The van der Waals surface area contributed by atoms with Gasteiger partial charge in [0.05, 0.1) is 0 Å². The molecule has 0 spiro atoms. The minimum atomic E-state index is -0.638. The summed E-state index contributed by atoms with van der Waals surface area (Å²) in [7, 11) is 0. The maximum Gasteiger partial charge on any atom is 0.333 e. The average molecular weight is 199 g/mol. The summed E-state index contributed by atoms with van der Waals surface area (Å²) in [5, 5.41) is 0.520. The number of carbonyl (C=O) groups is 3. The lowest BCUT2D eigenvalue weighted by molar-refractivity contribution is -0.197. The Morgan fingerprint density at radius 2 is 1.93 bits per heavy atom. The number of hydroxylamine groups is 2. The van der Waals surface area contributed by atoms with Crippen LogP contribution in [0.5, 0.6) is 0 Å². The van der Waals surface area contributed by atoms with Crippen molar-refractivity contribution in [2.24, 2.45) is 0 Å². The Bertz CT molecular complexity index is 248. The molecule has 0 aromatic heterocycles. The smallest absolute Gasteiger partial charge is 0.330 e. The van der Waals surface area contributed by atoms with Gasteiger partial charge in [-0.25, -0.2) is 4.79 Å². The summed E-state index contributed by atoms with van der Waals surface area (Å²) in [5.74, 6) is -1.59. The number of amides is 2. The lowest BCUT2D eigenvalue weighted by Crippen LogP contribution is -2.32. The Morgan fingerprint density at radius 1 is 1.36 bits per heavy atom. The first-order chi connectivity index (χ1) is 6.65. The molecule has 14 heavy (non-hydrogen) atoms. The van der Waals surface area contributed by atoms with Crippen LogP contribution in [-0.4, -0.2) is 29.4 Å². The molecular weight excluding hydrogens is 188 g/mol. The normalized spacial score (nSPS) is 16.2. The fourth-order valence-electron chi connectivity index (χ4n) is 1.04. The van der Waals surface area contributed by atoms with Crippen LogP contribution in [0.3, 0.4) is 0 Å². The van der Waals surface area contributed by atoms with Crippen LogP contribution in [0.15, 0.2) is 0 Å². The second kappa shape index (κ2) is 4.71. The summed E-state index contributed by atoms with van der Waals surface area (Å²) in [6.07, 6.45) is 0.630. The lowest BCUT2D eigenvalue weighted by Gasteiger charge is -2.11. The van der Waals surface area contributed by atoms with Crippen LogP contribution in [0.1, 0.15) is 25.7 Å². The zero-order valence-electron chi connectivity index (χ0n) is 7.62. The van der Waals surface area contributed by atoms with Gasteiger partial charge < -0.3 is 4.84 Å². The van der Waals surface area contributed by atoms with Gasteiger partial charge in [0, 0.05) is 25.8 Å². The van der Waals surface area contributed by atoms with E-state index in [1.807, 2.05) is 0 Å². The molecule has 0 atom stereocenters. The number of carbonyl (C=O) groups excluding carboxylic acids is 3. The Kier molecular flexibility index (Phi) is 3.58. The zero-order chi connectivity index (χ0) is 10.6. The Balaban J connectivity index is 2.39. The van der Waals surface area contributed by atoms with Crippen molar-refractivity contribution in [2.75, 3.05) is 6.54 Å². The molecule has 1 saturated heterocycles. The first-order valence-electron chi connectivity index (χ1n) is 4.36. The molecule has 0 aromatic carbocycles. The number of imide groups is 1. The standard InChI is InChI=1S/C8H11N2O4/c9-5-1-2-8(13)14-10-6(11)3-4-7(10)12/h9H,1-5H2. The minimum Gasteiger partial charge on any atom is -0.330 e. The summed E-state index contributed by atoms with van der Waals surface area (Å²) in [6.45, 7) is 0.122. The van der Waals surface area contributed by atoms with Gasteiger partial charge in [-0.15, -0.1) is 5.06 Å². The Labute approximate surface area is 80.9 Å². The van der Waals surface area contributed by atoms with Gasteiger partial charge >= 0.3 is 5.97 Å². The number of rotatable bonds is 4. The minimum absolute atomic E-state index is 0.0561. The maximum atomic E-state index is 11.0. The maximum absolute atomic E-state index is 11.0. The van der Waals surface area contributed by atoms with Crippen molar-refractivity contribution in [3.63, 3.8) is 0 Å². The molecule has 1 aliphatic rings. The van der Waals surface area contributed by atoms with Crippen LogP contribution in [0.2, 0.25) is 0 Å². The van der Waals surface area contributed by atoms with E-state index in [1.165, 1.54) is 0 Å². The van der Waals surface area contributed by atoms with Crippen LogP contribution in [0.4, 0.5) is 0 Å². The van der Waals surface area contributed by atoms with Crippen molar-refractivity contribution in [3.05, 3.63) is 0 Å². The van der Waals surface area contributed by atoms with E-state index in [0.29, 0.717) is 11.5 Å². The lowest BCUT2D eigenvalue weighted by atomic mass is 10.3. The highest BCUT2D eigenvalue weighted by molar-refractivity contribution is 6.01. The molecule has 0 aliphatic carbocycles. The number of hydrogen-bond acceptors (Lipinski definition) is 4. The van der Waals surface area contributed by atoms with Crippen LogP contribution >= 0.6 is 0 Å². The van der Waals surface area contributed by atoms with Gasteiger partial charge in [-0.2, -0.15) is 0 Å². The van der Waals surface area contributed by atoms with Crippen molar-refractivity contribution < 1.29 is 19.2 Å². The largest absolute Gasteiger partial charge is 0.333 e. The number of hydrogen-bond donors (Lipinski definition) is 0. The molecule has 1 rings (SSSR count). The molecule has 6 heteroatoms. The van der Waals surface area contributed by atoms with E-state index in [-0.39, 0.29) is 25.8 Å². The van der Waals surface area contributed by atoms with Gasteiger partial charge in [-0.05, 0) is 6.42 Å². The summed E-state index contributed by atoms with van der Waals surface area (Å²) < 4.78 is 0. The van der Waals surface area contributed by atoms with Crippen molar-refractivity contribution in [2.45, 2.75) is 25.7 Å². The highest BCUT2D eigenvalue weighted by Crippen LogP contribution is 2.12. The molecule has 0 saturated carbocycles. The fourth-order valence-corrected chi connectivity index (χ4v) is 1.04. The summed E-state index contributed by atoms with van der Waals surface area (Å²) >= 11 is 0. The van der Waals surface area contributed by atoms with Gasteiger partial charge in [0.1, 0.15) is 0 Å². The van der Waals surface area contributed by atoms with E-state index in [1.54, 1.807) is 0 Å². The van der Waals surface area contributed by atoms with Gasteiger partial charge in [-0.3, -0.25) is 15.3 Å². The third-order valence-electron chi connectivity index (χ3n) is 1.76. The Morgan fingerprint density at radius 3 is 2.43 bits per heavy atom. The van der Waals surface area contributed by atoms with Gasteiger partial charge in [0.25, 0.3) is 11.8 Å². The molecule has 0 aromatic rings. The molecule has 1 aliphatic heterocycles. The highest BCUT2D eigenvalue weighted by Gasteiger charge is 2.32. The van der Waals surface area contributed by atoms with Gasteiger partial charge in [0.2, 0.25) is 0 Å². The van der Waals surface area contributed by atoms with E-state index in [9.17, 15) is 14.4 Å². The van der Waals surface area contributed by atoms with E-state index in [4.69, 9.17) is 5.73 Å². The second-order valence-corrected chi connectivity index (χ2v) is 2.90. The number of nitrogens with one attached hydrogen (secondary N) is 1. The molecule has 1 heterocycles. The zero-order valence-corrected chi connectivity index (χ0v) is 7.62. The van der Waals surface area contributed by atoms with Gasteiger partial charge in [-0.1, -0.05) is 0 Å². The fraction of sp³-hybridized carbons (Fsp3) is 0.625.